The lowest BCUT2D eigenvalue weighted by molar-refractivity contribution is 0.173. The quantitative estimate of drug-likeness (QED) is 0.872. The Labute approximate surface area is 103 Å². The minimum Gasteiger partial charge on any atom is -0.454 e. The summed E-state index contributed by atoms with van der Waals surface area (Å²) in [6.07, 6.45) is 0.999. The highest BCUT2D eigenvalue weighted by atomic mass is 16.7. The molecule has 0 amide bonds. The highest BCUT2D eigenvalue weighted by Gasteiger charge is 2.24. The fourth-order valence-electron chi connectivity index (χ4n) is 2.44. The van der Waals surface area contributed by atoms with Crippen molar-refractivity contribution in [2.24, 2.45) is 5.73 Å². The van der Waals surface area contributed by atoms with E-state index < -0.39 is 0 Å². The fourth-order valence-corrected chi connectivity index (χ4v) is 2.44. The molecule has 1 unspecified atom stereocenters. The van der Waals surface area contributed by atoms with E-state index in [1.165, 1.54) is 11.1 Å². The molecule has 1 heterocycles. The Morgan fingerprint density at radius 3 is 2.65 bits per heavy atom. The average Bonchev–Trinajstić information content (AvgIpc) is 2.75. The molecule has 3 heteroatoms. The number of hydrogen-bond donors (Lipinski definition) is 1. The van der Waals surface area contributed by atoms with Gasteiger partial charge in [0.15, 0.2) is 11.5 Å². The molecule has 0 radical (unpaired) electrons. The zero-order chi connectivity index (χ0) is 12.4. The first-order valence-corrected chi connectivity index (χ1v) is 6.27. The van der Waals surface area contributed by atoms with E-state index in [1.807, 2.05) is 6.07 Å². The van der Waals surface area contributed by atoms with Gasteiger partial charge >= 0.3 is 0 Å². The van der Waals surface area contributed by atoms with Gasteiger partial charge in [-0.1, -0.05) is 26.8 Å². The maximum atomic E-state index is 5.65. The standard InChI is InChI=1S/C14H21NO2/c1-9(2)13-11(10(3)6-7-15)4-5-12-14(13)17-8-16-12/h4-5,9-10H,6-8,15H2,1-3H3. The highest BCUT2D eigenvalue weighted by molar-refractivity contribution is 5.54. The Bertz CT molecular complexity index is 401. The summed E-state index contributed by atoms with van der Waals surface area (Å²) in [5.41, 5.74) is 8.27. The molecular weight excluding hydrogens is 214 g/mol. The molecule has 0 saturated carbocycles. The molecule has 1 aromatic carbocycles. The van der Waals surface area contributed by atoms with Crippen molar-refractivity contribution in [3.8, 4) is 11.5 Å². The van der Waals surface area contributed by atoms with E-state index in [-0.39, 0.29) is 0 Å². The van der Waals surface area contributed by atoms with E-state index in [1.54, 1.807) is 0 Å². The third kappa shape index (κ3) is 2.25. The van der Waals surface area contributed by atoms with E-state index >= 15 is 0 Å². The lowest BCUT2D eigenvalue weighted by Gasteiger charge is -2.20. The second-order valence-electron chi connectivity index (χ2n) is 4.94. The maximum Gasteiger partial charge on any atom is 0.231 e. The van der Waals surface area contributed by atoms with Crippen molar-refractivity contribution < 1.29 is 9.47 Å². The number of hydrogen-bond acceptors (Lipinski definition) is 3. The smallest absolute Gasteiger partial charge is 0.231 e. The van der Waals surface area contributed by atoms with E-state index in [0.29, 0.717) is 25.2 Å². The lowest BCUT2D eigenvalue weighted by atomic mass is 9.87. The zero-order valence-corrected chi connectivity index (χ0v) is 10.8. The maximum absolute atomic E-state index is 5.65. The molecule has 2 rings (SSSR count). The third-order valence-corrected chi connectivity index (χ3v) is 3.32. The van der Waals surface area contributed by atoms with Crippen LogP contribution in [0.15, 0.2) is 12.1 Å². The van der Waals surface area contributed by atoms with Crippen LogP contribution in [0.4, 0.5) is 0 Å². The number of fused-ring (bicyclic) bond motifs is 1. The van der Waals surface area contributed by atoms with Crippen LogP contribution in [0.2, 0.25) is 0 Å². The third-order valence-electron chi connectivity index (χ3n) is 3.32. The van der Waals surface area contributed by atoms with Crippen molar-refractivity contribution in [3.05, 3.63) is 23.3 Å². The Hall–Kier alpha value is -1.22. The monoisotopic (exact) mass is 235 g/mol. The molecule has 3 nitrogen and oxygen atoms in total. The zero-order valence-electron chi connectivity index (χ0n) is 10.8. The predicted molar refractivity (Wildman–Crippen MR) is 68.7 cm³/mol. The summed E-state index contributed by atoms with van der Waals surface area (Å²) in [5, 5.41) is 0. The molecule has 0 aliphatic carbocycles. The van der Waals surface area contributed by atoms with Gasteiger partial charge in [0.25, 0.3) is 0 Å². The lowest BCUT2D eigenvalue weighted by Crippen LogP contribution is -2.08. The molecule has 1 aliphatic rings. The number of nitrogens with two attached hydrogens (primary N) is 1. The van der Waals surface area contributed by atoms with Gasteiger partial charge in [0.2, 0.25) is 6.79 Å². The molecular formula is C14H21NO2. The summed E-state index contributed by atoms with van der Waals surface area (Å²) in [6.45, 7) is 7.65. The first-order valence-electron chi connectivity index (χ1n) is 6.27. The Morgan fingerprint density at radius 1 is 1.24 bits per heavy atom. The molecule has 0 saturated heterocycles. The number of ether oxygens (including phenoxy) is 2. The largest absolute Gasteiger partial charge is 0.454 e. The Morgan fingerprint density at radius 2 is 2.00 bits per heavy atom. The Kier molecular flexibility index (Phi) is 3.57. The van der Waals surface area contributed by atoms with Gasteiger partial charge in [0.1, 0.15) is 0 Å². The van der Waals surface area contributed by atoms with Crippen molar-refractivity contribution in [1.29, 1.82) is 0 Å². The molecule has 1 aliphatic heterocycles. The van der Waals surface area contributed by atoms with Gasteiger partial charge in [-0.2, -0.15) is 0 Å². The van der Waals surface area contributed by atoms with E-state index in [2.05, 4.69) is 26.8 Å². The van der Waals surface area contributed by atoms with Gasteiger partial charge in [0, 0.05) is 5.56 Å². The van der Waals surface area contributed by atoms with Crippen LogP contribution in [-0.2, 0) is 0 Å². The van der Waals surface area contributed by atoms with Gasteiger partial charge in [-0.25, -0.2) is 0 Å². The van der Waals surface area contributed by atoms with Crippen LogP contribution in [0, 0.1) is 0 Å². The molecule has 2 N–H and O–H groups in total. The van der Waals surface area contributed by atoms with Gasteiger partial charge in [-0.05, 0) is 36.4 Å². The minimum atomic E-state index is 0.337. The fraction of sp³-hybridized carbons (Fsp3) is 0.571. The summed E-state index contributed by atoms with van der Waals surface area (Å²) in [6, 6.07) is 4.17. The first kappa shape index (κ1) is 12.2. The molecule has 0 bridgehead atoms. The first-order chi connectivity index (χ1) is 8.15. The van der Waals surface area contributed by atoms with Crippen molar-refractivity contribution in [2.45, 2.75) is 39.0 Å². The summed E-state index contributed by atoms with van der Waals surface area (Å²) >= 11 is 0. The minimum absolute atomic E-state index is 0.337. The summed E-state index contributed by atoms with van der Waals surface area (Å²) in [5.74, 6) is 2.70. The molecule has 0 fully saturated rings. The predicted octanol–water partition coefficient (Wildman–Crippen LogP) is 2.99. The SMILES string of the molecule is CC(C)c1c(C(C)CCN)ccc2c1OCO2. The van der Waals surface area contributed by atoms with E-state index in [9.17, 15) is 0 Å². The van der Waals surface area contributed by atoms with Crippen LogP contribution >= 0.6 is 0 Å². The van der Waals surface area contributed by atoms with Crippen molar-refractivity contribution >= 4 is 0 Å². The molecule has 1 aromatic rings. The topological polar surface area (TPSA) is 44.5 Å². The van der Waals surface area contributed by atoms with Crippen molar-refractivity contribution in [1.82, 2.24) is 0 Å². The summed E-state index contributed by atoms with van der Waals surface area (Å²) in [4.78, 5) is 0. The van der Waals surface area contributed by atoms with Crippen LogP contribution in [0.3, 0.4) is 0 Å². The van der Waals surface area contributed by atoms with E-state index in [4.69, 9.17) is 15.2 Å². The average molecular weight is 235 g/mol. The second-order valence-corrected chi connectivity index (χ2v) is 4.94. The number of rotatable bonds is 4. The van der Waals surface area contributed by atoms with Crippen LogP contribution in [0.25, 0.3) is 0 Å². The molecule has 0 aromatic heterocycles. The Balaban J connectivity index is 2.45. The van der Waals surface area contributed by atoms with Crippen LogP contribution in [0.1, 0.15) is 50.2 Å². The highest BCUT2D eigenvalue weighted by Crippen LogP contribution is 2.43. The number of benzene rings is 1. The normalized spacial score (nSPS) is 15.4. The summed E-state index contributed by atoms with van der Waals surface area (Å²) in [7, 11) is 0. The molecule has 1 atom stereocenters. The molecule has 17 heavy (non-hydrogen) atoms. The molecule has 0 spiro atoms. The van der Waals surface area contributed by atoms with Gasteiger partial charge in [-0.3, -0.25) is 0 Å². The van der Waals surface area contributed by atoms with Gasteiger partial charge in [0.05, 0.1) is 0 Å². The van der Waals surface area contributed by atoms with Gasteiger partial charge in [-0.15, -0.1) is 0 Å². The van der Waals surface area contributed by atoms with Crippen LogP contribution in [0.5, 0.6) is 11.5 Å². The van der Waals surface area contributed by atoms with Crippen molar-refractivity contribution in [3.63, 3.8) is 0 Å². The van der Waals surface area contributed by atoms with E-state index in [0.717, 1.165) is 17.9 Å². The van der Waals surface area contributed by atoms with Crippen molar-refractivity contribution in [2.75, 3.05) is 13.3 Å². The summed E-state index contributed by atoms with van der Waals surface area (Å²) < 4.78 is 11.0. The van der Waals surface area contributed by atoms with Crippen LogP contribution in [-0.4, -0.2) is 13.3 Å². The molecule has 94 valence electrons. The van der Waals surface area contributed by atoms with Crippen LogP contribution < -0.4 is 15.2 Å². The second kappa shape index (κ2) is 4.96. The van der Waals surface area contributed by atoms with Gasteiger partial charge < -0.3 is 15.2 Å².